The number of aliphatic hydroxyl groups is 1. The summed E-state index contributed by atoms with van der Waals surface area (Å²) >= 11 is 5.40. The van der Waals surface area contributed by atoms with Gasteiger partial charge in [-0.1, -0.05) is 6.07 Å². The number of hydrogen-bond acceptors (Lipinski definition) is 4. The molecule has 0 spiro atoms. The maximum absolute atomic E-state index is 11.2. The number of carboxylic acid groups (broad SMARTS) is 1. The number of aliphatic hydroxyl groups excluding tert-OH is 1. The summed E-state index contributed by atoms with van der Waals surface area (Å²) in [4.78, 5) is 22.0. The van der Waals surface area contributed by atoms with E-state index >= 15 is 0 Å². The molecule has 0 bridgehead atoms. The van der Waals surface area contributed by atoms with Crippen LogP contribution >= 0.6 is 11.6 Å². The van der Waals surface area contributed by atoms with Gasteiger partial charge in [0.25, 0.3) is 0 Å². The third-order valence-electron chi connectivity index (χ3n) is 2.37. The molecule has 0 radical (unpaired) electrons. The Hall–Kier alpha value is -1.59. The van der Waals surface area contributed by atoms with Crippen molar-refractivity contribution in [3.8, 4) is 5.75 Å². The summed E-state index contributed by atoms with van der Waals surface area (Å²) in [6.45, 7) is 0. The van der Waals surface area contributed by atoms with Gasteiger partial charge in [-0.05, 0) is 17.7 Å². The lowest BCUT2D eigenvalue weighted by atomic mass is 10.0. The van der Waals surface area contributed by atoms with E-state index in [1.165, 1.54) is 19.2 Å². The van der Waals surface area contributed by atoms with Crippen molar-refractivity contribution in [2.75, 3.05) is 13.0 Å². The Balaban J connectivity index is 3.09. The van der Waals surface area contributed by atoms with Crippen LogP contribution in [0.4, 0.5) is 0 Å². The Morgan fingerprint density at radius 2 is 2.11 bits per heavy atom. The molecule has 1 atom stereocenters. The van der Waals surface area contributed by atoms with Gasteiger partial charge in [0.05, 0.1) is 13.0 Å². The number of aliphatic carboxylic acids is 1. The van der Waals surface area contributed by atoms with Crippen LogP contribution in [-0.2, 0) is 16.0 Å². The molecule has 0 amide bonds. The average Bonchev–Trinajstić information content (AvgIpc) is 2.37. The minimum Gasteiger partial charge on any atom is -0.496 e. The van der Waals surface area contributed by atoms with Gasteiger partial charge in [0.15, 0.2) is 11.9 Å². The minimum atomic E-state index is -1.69. The Labute approximate surface area is 109 Å². The maximum Gasteiger partial charge on any atom is 0.337 e. The summed E-state index contributed by atoms with van der Waals surface area (Å²) in [5.74, 6) is -1.42. The number of ether oxygens (including phenoxy) is 1. The summed E-state index contributed by atoms with van der Waals surface area (Å²) in [6, 6.07) is 4.57. The van der Waals surface area contributed by atoms with Crippen molar-refractivity contribution in [1.82, 2.24) is 0 Å². The second kappa shape index (κ2) is 6.37. The van der Waals surface area contributed by atoms with E-state index in [-0.39, 0.29) is 29.4 Å². The van der Waals surface area contributed by atoms with Gasteiger partial charge in [0.1, 0.15) is 5.75 Å². The van der Waals surface area contributed by atoms with Crippen LogP contribution in [0.5, 0.6) is 5.75 Å². The fourth-order valence-electron chi connectivity index (χ4n) is 1.52. The topological polar surface area (TPSA) is 83.8 Å². The number of hydrogen-bond donors (Lipinski definition) is 2. The van der Waals surface area contributed by atoms with Crippen LogP contribution in [0, 0.1) is 0 Å². The zero-order valence-corrected chi connectivity index (χ0v) is 10.5. The Morgan fingerprint density at radius 1 is 1.44 bits per heavy atom. The molecule has 1 aromatic carbocycles. The van der Waals surface area contributed by atoms with E-state index in [4.69, 9.17) is 21.4 Å². The molecule has 6 heteroatoms. The first-order valence-electron chi connectivity index (χ1n) is 5.15. The molecule has 98 valence electrons. The molecular weight excluding hydrogens is 260 g/mol. The second-order valence-corrected chi connectivity index (χ2v) is 3.93. The average molecular weight is 273 g/mol. The van der Waals surface area contributed by atoms with E-state index in [0.717, 1.165) is 0 Å². The van der Waals surface area contributed by atoms with E-state index in [1.807, 2.05) is 0 Å². The fourth-order valence-corrected chi connectivity index (χ4v) is 1.61. The number of methoxy groups -OCH3 is 1. The second-order valence-electron chi connectivity index (χ2n) is 3.67. The van der Waals surface area contributed by atoms with Crippen molar-refractivity contribution in [3.05, 3.63) is 29.3 Å². The normalized spacial score (nSPS) is 11.9. The predicted octanol–water partition coefficient (Wildman–Crippen LogP) is 1.16. The van der Waals surface area contributed by atoms with Crippen molar-refractivity contribution >= 4 is 23.4 Å². The largest absolute Gasteiger partial charge is 0.496 e. The molecule has 1 rings (SSSR count). The van der Waals surface area contributed by atoms with Crippen LogP contribution in [0.25, 0.3) is 0 Å². The Bertz CT molecular complexity index is 458. The number of carboxylic acids is 1. The maximum atomic E-state index is 11.2. The van der Waals surface area contributed by atoms with E-state index in [1.54, 1.807) is 6.07 Å². The molecule has 2 N–H and O–H groups in total. The molecular formula is C12H13ClO5. The number of halogens is 1. The molecule has 0 saturated carbocycles. The van der Waals surface area contributed by atoms with Crippen molar-refractivity contribution in [2.45, 2.75) is 12.5 Å². The number of benzene rings is 1. The van der Waals surface area contributed by atoms with Crippen LogP contribution in [0.15, 0.2) is 18.2 Å². The third-order valence-corrected chi connectivity index (χ3v) is 2.67. The molecule has 0 aliphatic carbocycles. The lowest BCUT2D eigenvalue weighted by Crippen LogP contribution is -2.13. The molecule has 0 aliphatic heterocycles. The highest BCUT2D eigenvalue weighted by Crippen LogP contribution is 2.26. The van der Waals surface area contributed by atoms with Crippen LogP contribution in [-0.4, -0.2) is 35.0 Å². The smallest absolute Gasteiger partial charge is 0.337 e. The van der Waals surface area contributed by atoms with Gasteiger partial charge in [-0.2, -0.15) is 0 Å². The molecule has 0 fully saturated rings. The standard InChI is InChI=1S/C12H13ClO5/c1-18-10-3-2-7(4-8(14)6-13)5-9(10)11(15)12(16)17/h2-3,5,11,15H,4,6H2,1H3,(H,16,17). The first-order valence-corrected chi connectivity index (χ1v) is 5.68. The number of ketones is 1. The van der Waals surface area contributed by atoms with Gasteiger partial charge in [0, 0.05) is 12.0 Å². The van der Waals surface area contributed by atoms with Crippen molar-refractivity contribution in [3.63, 3.8) is 0 Å². The van der Waals surface area contributed by atoms with Crippen molar-refractivity contribution in [1.29, 1.82) is 0 Å². The van der Waals surface area contributed by atoms with Crippen LogP contribution < -0.4 is 4.74 Å². The highest BCUT2D eigenvalue weighted by molar-refractivity contribution is 6.27. The number of Topliss-reactive ketones (excluding diaryl/α,β-unsaturated/α-hetero) is 1. The SMILES string of the molecule is COc1ccc(CC(=O)CCl)cc1C(O)C(=O)O. The lowest BCUT2D eigenvalue weighted by Gasteiger charge is -2.12. The van der Waals surface area contributed by atoms with Crippen LogP contribution in [0.1, 0.15) is 17.2 Å². The molecule has 0 saturated heterocycles. The monoisotopic (exact) mass is 272 g/mol. The van der Waals surface area contributed by atoms with Gasteiger partial charge >= 0.3 is 5.97 Å². The number of carbonyl (C=O) groups excluding carboxylic acids is 1. The first-order chi connectivity index (χ1) is 8.49. The zero-order valence-electron chi connectivity index (χ0n) is 9.72. The quantitative estimate of drug-likeness (QED) is 0.759. The summed E-state index contributed by atoms with van der Waals surface area (Å²) in [5, 5.41) is 18.3. The summed E-state index contributed by atoms with van der Waals surface area (Å²) in [6.07, 6.45) is -1.60. The highest BCUT2D eigenvalue weighted by atomic mass is 35.5. The van der Waals surface area contributed by atoms with Gasteiger partial charge in [-0.15, -0.1) is 11.6 Å². The number of alkyl halides is 1. The van der Waals surface area contributed by atoms with E-state index < -0.39 is 12.1 Å². The summed E-state index contributed by atoms with van der Waals surface area (Å²) in [7, 11) is 1.37. The number of rotatable bonds is 6. The molecule has 0 aliphatic rings. The van der Waals surface area contributed by atoms with E-state index in [0.29, 0.717) is 5.56 Å². The van der Waals surface area contributed by atoms with Gasteiger partial charge in [0.2, 0.25) is 0 Å². The van der Waals surface area contributed by atoms with E-state index in [9.17, 15) is 14.7 Å². The predicted molar refractivity (Wildman–Crippen MR) is 65.0 cm³/mol. The summed E-state index contributed by atoms with van der Waals surface area (Å²) < 4.78 is 4.97. The van der Waals surface area contributed by atoms with Gasteiger partial charge in [-0.25, -0.2) is 4.79 Å². The Kier molecular flexibility index (Phi) is 5.12. The third kappa shape index (κ3) is 3.45. The molecule has 0 aromatic heterocycles. The zero-order chi connectivity index (χ0) is 13.7. The highest BCUT2D eigenvalue weighted by Gasteiger charge is 2.21. The number of carbonyl (C=O) groups is 2. The molecule has 0 heterocycles. The molecule has 1 aromatic rings. The van der Waals surface area contributed by atoms with Crippen LogP contribution in [0.3, 0.4) is 0 Å². The van der Waals surface area contributed by atoms with Crippen molar-refractivity contribution < 1.29 is 24.5 Å². The molecule has 1 unspecified atom stereocenters. The lowest BCUT2D eigenvalue weighted by molar-refractivity contribution is -0.147. The van der Waals surface area contributed by atoms with Crippen molar-refractivity contribution in [2.24, 2.45) is 0 Å². The van der Waals surface area contributed by atoms with Gasteiger partial charge < -0.3 is 14.9 Å². The van der Waals surface area contributed by atoms with Crippen LogP contribution in [0.2, 0.25) is 0 Å². The minimum absolute atomic E-state index is 0.0901. The molecule has 5 nitrogen and oxygen atoms in total. The molecule has 18 heavy (non-hydrogen) atoms. The Morgan fingerprint density at radius 3 is 2.61 bits per heavy atom. The summed E-state index contributed by atoms with van der Waals surface area (Å²) in [5.41, 5.74) is 0.696. The van der Waals surface area contributed by atoms with Gasteiger partial charge in [-0.3, -0.25) is 4.79 Å². The first kappa shape index (κ1) is 14.5. The van der Waals surface area contributed by atoms with E-state index in [2.05, 4.69) is 0 Å². The fraction of sp³-hybridized carbons (Fsp3) is 0.333.